The van der Waals surface area contributed by atoms with Crippen LogP contribution >= 0.6 is 27.7 Å². The van der Waals surface area contributed by atoms with E-state index in [-0.39, 0.29) is 4.83 Å². The first kappa shape index (κ1) is 13.7. The zero-order chi connectivity index (χ0) is 13.1. The molecule has 0 nitrogen and oxygen atoms in total. The van der Waals surface area contributed by atoms with Crippen LogP contribution in [0.25, 0.3) is 0 Å². The number of rotatable bonds is 3. The van der Waals surface area contributed by atoms with Gasteiger partial charge in [-0.1, -0.05) is 57.9 Å². The van der Waals surface area contributed by atoms with Gasteiger partial charge in [0.2, 0.25) is 0 Å². The zero-order valence-electron chi connectivity index (χ0n) is 10.9. The summed E-state index contributed by atoms with van der Waals surface area (Å²) in [4.78, 5) is 1.60. The third-order valence-corrected chi connectivity index (χ3v) is 4.91. The molecule has 1 atom stereocenters. The molecular formula is C16H17BrS. The van der Waals surface area contributed by atoms with E-state index in [9.17, 15) is 0 Å². The number of aryl methyl sites for hydroxylation is 2. The molecule has 0 radical (unpaired) electrons. The molecule has 0 aromatic heterocycles. The van der Waals surface area contributed by atoms with Crippen molar-refractivity contribution in [3.05, 3.63) is 64.7 Å². The van der Waals surface area contributed by atoms with Gasteiger partial charge in [-0.15, -0.1) is 11.8 Å². The molecule has 0 saturated carbocycles. The Kier molecular flexibility index (Phi) is 4.52. The second-order valence-corrected chi connectivity index (χ2v) is 6.23. The van der Waals surface area contributed by atoms with Gasteiger partial charge in [0.05, 0.1) is 4.83 Å². The van der Waals surface area contributed by atoms with E-state index < -0.39 is 0 Å². The predicted octanol–water partition coefficient (Wildman–Crippen LogP) is 5.51. The normalized spacial score (nSPS) is 12.4. The Balaban J connectivity index is 2.44. The average Bonchev–Trinajstić information content (AvgIpc) is 2.38. The summed E-state index contributed by atoms with van der Waals surface area (Å²) in [6, 6.07) is 15.2. The molecule has 0 heterocycles. The van der Waals surface area contributed by atoms with E-state index in [0.717, 1.165) is 0 Å². The molecule has 0 aliphatic rings. The molecule has 0 saturated heterocycles. The van der Waals surface area contributed by atoms with Gasteiger partial charge in [-0.2, -0.15) is 0 Å². The maximum Gasteiger partial charge on any atom is 0.0658 e. The van der Waals surface area contributed by atoms with Gasteiger partial charge < -0.3 is 0 Å². The van der Waals surface area contributed by atoms with Gasteiger partial charge in [0.25, 0.3) is 0 Å². The van der Waals surface area contributed by atoms with Crippen LogP contribution in [0.1, 0.15) is 27.1 Å². The molecular weight excluding hydrogens is 304 g/mol. The number of benzene rings is 2. The maximum atomic E-state index is 3.85. The minimum absolute atomic E-state index is 0.266. The fraction of sp³-hybridized carbons (Fsp3) is 0.250. The van der Waals surface area contributed by atoms with Crippen LogP contribution in [0.4, 0.5) is 0 Å². The van der Waals surface area contributed by atoms with Gasteiger partial charge in [0.1, 0.15) is 0 Å². The molecule has 2 rings (SSSR count). The van der Waals surface area contributed by atoms with Crippen LogP contribution < -0.4 is 0 Å². The molecule has 0 fully saturated rings. The standard InChI is InChI=1S/C16H17BrS/c1-11-8-9-13(12(2)10-11)16(17)14-6-4-5-7-15(14)18-3/h4-10,16H,1-3H3. The summed E-state index contributed by atoms with van der Waals surface area (Å²) in [5.74, 6) is 0. The van der Waals surface area contributed by atoms with Gasteiger partial charge in [-0.05, 0) is 42.9 Å². The van der Waals surface area contributed by atoms with Crippen molar-refractivity contribution in [1.29, 1.82) is 0 Å². The highest BCUT2D eigenvalue weighted by molar-refractivity contribution is 9.09. The van der Waals surface area contributed by atoms with E-state index in [4.69, 9.17) is 0 Å². The number of thioether (sulfide) groups is 1. The van der Waals surface area contributed by atoms with Gasteiger partial charge in [0.15, 0.2) is 0 Å². The zero-order valence-corrected chi connectivity index (χ0v) is 13.3. The van der Waals surface area contributed by atoms with Crippen LogP contribution in [0.5, 0.6) is 0 Å². The van der Waals surface area contributed by atoms with Crippen LogP contribution in [0.15, 0.2) is 47.4 Å². The molecule has 0 bridgehead atoms. The largest absolute Gasteiger partial charge is 0.129 e. The second kappa shape index (κ2) is 5.94. The van der Waals surface area contributed by atoms with Crippen molar-refractivity contribution < 1.29 is 0 Å². The van der Waals surface area contributed by atoms with Crippen LogP contribution in [0, 0.1) is 13.8 Å². The Hall–Kier alpha value is -0.730. The molecule has 0 N–H and O–H groups in total. The van der Waals surface area contributed by atoms with E-state index >= 15 is 0 Å². The van der Waals surface area contributed by atoms with Gasteiger partial charge in [-0.25, -0.2) is 0 Å². The molecule has 0 spiro atoms. The quantitative estimate of drug-likeness (QED) is 0.530. The monoisotopic (exact) mass is 320 g/mol. The van der Waals surface area contributed by atoms with Crippen molar-refractivity contribution in [2.75, 3.05) is 6.26 Å². The third-order valence-electron chi connectivity index (χ3n) is 3.11. The minimum Gasteiger partial charge on any atom is -0.129 e. The molecule has 1 unspecified atom stereocenters. The van der Waals surface area contributed by atoms with Gasteiger partial charge in [-0.3, -0.25) is 0 Å². The highest BCUT2D eigenvalue weighted by Crippen LogP contribution is 2.37. The van der Waals surface area contributed by atoms with Crippen molar-refractivity contribution in [2.45, 2.75) is 23.6 Å². The fourth-order valence-electron chi connectivity index (χ4n) is 2.15. The minimum atomic E-state index is 0.266. The number of halogens is 1. The topological polar surface area (TPSA) is 0 Å². The summed E-state index contributed by atoms with van der Waals surface area (Å²) in [6.45, 7) is 4.31. The summed E-state index contributed by atoms with van der Waals surface area (Å²) in [6.07, 6.45) is 2.13. The second-order valence-electron chi connectivity index (χ2n) is 4.46. The first-order valence-corrected chi connectivity index (χ1v) is 8.11. The Morgan fingerprint density at radius 1 is 1.00 bits per heavy atom. The highest BCUT2D eigenvalue weighted by atomic mass is 79.9. The molecule has 94 valence electrons. The molecule has 0 aliphatic carbocycles. The van der Waals surface area contributed by atoms with E-state index in [0.29, 0.717) is 0 Å². The summed E-state index contributed by atoms with van der Waals surface area (Å²) in [7, 11) is 0. The van der Waals surface area contributed by atoms with Crippen LogP contribution in [0.2, 0.25) is 0 Å². The summed E-state index contributed by atoms with van der Waals surface area (Å²) >= 11 is 5.65. The lowest BCUT2D eigenvalue weighted by Crippen LogP contribution is -1.98. The molecule has 2 aromatic rings. The van der Waals surface area contributed by atoms with E-state index in [2.05, 4.69) is 78.5 Å². The first-order valence-electron chi connectivity index (χ1n) is 5.97. The molecule has 2 heteroatoms. The SMILES string of the molecule is CSc1ccccc1C(Br)c1ccc(C)cc1C. The van der Waals surface area contributed by atoms with Crippen LogP contribution in [0.3, 0.4) is 0 Å². The smallest absolute Gasteiger partial charge is 0.0658 e. The fourth-order valence-corrected chi connectivity index (χ4v) is 3.85. The van der Waals surface area contributed by atoms with E-state index in [1.165, 1.54) is 27.1 Å². The third kappa shape index (κ3) is 2.81. The number of hydrogen-bond acceptors (Lipinski definition) is 1. The summed E-state index contributed by atoms with van der Waals surface area (Å²) in [5.41, 5.74) is 5.35. The molecule has 0 aliphatic heterocycles. The summed E-state index contributed by atoms with van der Waals surface area (Å²) < 4.78 is 0. The van der Waals surface area contributed by atoms with Crippen molar-refractivity contribution in [2.24, 2.45) is 0 Å². The Labute approximate surface area is 122 Å². The molecule has 2 aromatic carbocycles. The van der Waals surface area contributed by atoms with Crippen molar-refractivity contribution in [3.8, 4) is 0 Å². The molecule has 0 amide bonds. The highest BCUT2D eigenvalue weighted by Gasteiger charge is 2.15. The predicted molar refractivity (Wildman–Crippen MR) is 84.9 cm³/mol. The average molecular weight is 321 g/mol. The van der Waals surface area contributed by atoms with Crippen LogP contribution in [-0.2, 0) is 0 Å². The van der Waals surface area contributed by atoms with Crippen LogP contribution in [-0.4, -0.2) is 6.26 Å². The van der Waals surface area contributed by atoms with E-state index in [1.54, 1.807) is 11.8 Å². The Bertz CT molecular complexity index is 549. The lowest BCUT2D eigenvalue weighted by Gasteiger charge is -2.17. The Morgan fingerprint density at radius 3 is 2.39 bits per heavy atom. The Morgan fingerprint density at radius 2 is 1.72 bits per heavy atom. The van der Waals surface area contributed by atoms with Crippen molar-refractivity contribution >= 4 is 27.7 Å². The summed E-state index contributed by atoms with van der Waals surface area (Å²) in [5, 5.41) is 0. The van der Waals surface area contributed by atoms with Crippen molar-refractivity contribution in [1.82, 2.24) is 0 Å². The first-order chi connectivity index (χ1) is 8.63. The van der Waals surface area contributed by atoms with Crippen molar-refractivity contribution in [3.63, 3.8) is 0 Å². The number of alkyl halides is 1. The van der Waals surface area contributed by atoms with Gasteiger partial charge in [0, 0.05) is 4.90 Å². The molecule has 18 heavy (non-hydrogen) atoms. The number of hydrogen-bond donors (Lipinski definition) is 0. The lowest BCUT2D eigenvalue weighted by atomic mass is 9.99. The maximum absolute atomic E-state index is 3.85. The van der Waals surface area contributed by atoms with Gasteiger partial charge >= 0.3 is 0 Å². The van der Waals surface area contributed by atoms with E-state index in [1.807, 2.05) is 0 Å². The lowest BCUT2D eigenvalue weighted by molar-refractivity contribution is 1.09.